The third kappa shape index (κ3) is 2.46. The van der Waals surface area contributed by atoms with Crippen molar-refractivity contribution in [3.63, 3.8) is 0 Å². The lowest BCUT2D eigenvalue weighted by atomic mass is 10.0. The van der Waals surface area contributed by atoms with Crippen molar-refractivity contribution in [1.82, 2.24) is 4.90 Å². The van der Waals surface area contributed by atoms with Crippen molar-refractivity contribution in [1.29, 1.82) is 0 Å². The average Bonchev–Trinajstić information content (AvgIpc) is 2.88. The van der Waals surface area contributed by atoms with Crippen LogP contribution in [0.1, 0.15) is 22.0 Å². The fourth-order valence-corrected chi connectivity index (χ4v) is 3.79. The first-order valence-corrected chi connectivity index (χ1v) is 7.67. The van der Waals surface area contributed by atoms with Crippen molar-refractivity contribution in [2.45, 2.75) is 19.0 Å². The Bertz CT molecular complexity index is 640. The number of carbonyl (C=O) groups excluding carboxylic acids is 1. The molecule has 0 radical (unpaired) electrons. The third-order valence-electron chi connectivity index (χ3n) is 3.63. The molecule has 0 saturated heterocycles. The number of rotatable bonds is 3. The van der Waals surface area contributed by atoms with Crippen molar-refractivity contribution in [3.05, 3.63) is 56.7 Å². The molecule has 0 unspecified atom stereocenters. The van der Waals surface area contributed by atoms with Gasteiger partial charge in [-0.2, -0.15) is 0 Å². The molecule has 1 aromatic heterocycles. The molecule has 20 heavy (non-hydrogen) atoms. The maximum Gasteiger partial charge on any atom is 0.0766 e. The van der Waals surface area contributed by atoms with E-state index in [0.29, 0.717) is 23.7 Å². The van der Waals surface area contributed by atoms with E-state index >= 15 is 0 Å². The Morgan fingerprint density at radius 2 is 2.15 bits per heavy atom. The van der Waals surface area contributed by atoms with E-state index in [0.717, 1.165) is 6.42 Å². The van der Waals surface area contributed by atoms with Crippen LogP contribution in [-0.2, 0) is 17.8 Å². The summed E-state index contributed by atoms with van der Waals surface area (Å²) in [5.41, 5.74) is 1.81. The molecule has 2 aromatic rings. The number of carboxylic acid groups (broad SMARTS) is 1. The Hall–Kier alpha value is -1.36. The number of hydrogen-bond donors (Lipinski definition) is 0. The first kappa shape index (κ1) is 13.6. The van der Waals surface area contributed by atoms with Crippen LogP contribution in [0.5, 0.6) is 0 Å². The summed E-state index contributed by atoms with van der Waals surface area (Å²) >= 11 is 7.88. The predicted molar refractivity (Wildman–Crippen MR) is 77.6 cm³/mol. The SMILES string of the molecule is O=C([O-])[C@@H](c1ccccc1Cl)N1CCc2sccc2C1. The second kappa shape index (κ2) is 5.56. The van der Waals surface area contributed by atoms with E-state index in [1.807, 2.05) is 4.90 Å². The van der Waals surface area contributed by atoms with Crippen LogP contribution < -0.4 is 5.11 Å². The van der Waals surface area contributed by atoms with E-state index < -0.39 is 12.0 Å². The molecular formula is C15H13ClNO2S-. The molecule has 104 valence electrons. The monoisotopic (exact) mass is 306 g/mol. The number of carbonyl (C=O) groups is 1. The quantitative estimate of drug-likeness (QED) is 0.873. The molecule has 2 heterocycles. The van der Waals surface area contributed by atoms with Crippen LogP contribution >= 0.6 is 22.9 Å². The lowest BCUT2D eigenvalue weighted by Crippen LogP contribution is -2.43. The van der Waals surface area contributed by atoms with Gasteiger partial charge in [-0.25, -0.2) is 0 Å². The summed E-state index contributed by atoms with van der Waals surface area (Å²) in [6.07, 6.45) is 0.876. The summed E-state index contributed by atoms with van der Waals surface area (Å²) in [7, 11) is 0. The zero-order valence-corrected chi connectivity index (χ0v) is 12.3. The molecule has 0 aliphatic carbocycles. The maximum atomic E-state index is 11.6. The number of halogens is 1. The van der Waals surface area contributed by atoms with E-state index in [1.165, 1.54) is 10.4 Å². The Morgan fingerprint density at radius 3 is 2.90 bits per heavy atom. The first-order chi connectivity index (χ1) is 9.66. The van der Waals surface area contributed by atoms with Gasteiger partial charge >= 0.3 is 0 Å². The van der Waals surface area contributed by atoms with Gasteiger partial charge in [0.2, 0.25) is 0 Å². The van der Waals surface area contributed by atoms with Crippen molar-refractivity contribution >= 4 is 28.9 Å². The average molecular weight is 307 g/mol. The van der Waals surface area contributed by atoms with Gasteiger partial charge in [0.05, 0.1) is 12.0 Å². The molecule has 0 amide bonds. The van der Waals surface area contributed by atoms with Gasteiger partial charge in [-0.05, 0) is 35.1 Å². The number of nitrogens with zero attached hydrogens (tertiary/aromatic N) is 1. The molecule has 0 fully saturated rings. The van der Waals surface area contributed by atoms with Gasteiger partial charge in [-0.3, -0.25) is 4.90 Å². The highest BCUT2D eigenvalue weighted by molar-refractivity contribution is 7.10. The molecule has 1 aliphatic rings. The van der Waals surface area contributed by atoms with Gasteiger partial charge < -0.3 is 9.90 Å². The van der Waals surface area contributed by atoms with Gasteiger partial charge in [0, 0.05) is 23.0 Å². The lowest BCUT2D eigenvalue weighted by molar-refractivity contribution is -0.312. The summed E-state index contributed by atoms with van der Waals surface area (Å²) in [6, 6.07) is 8.34. The van der Waals surface area contributed by atoms with Gasteiger partial charge in [0.25, 0.3) is 0 Å². The second-order valence-electron chi connectivity index (χ2n) is 4.83. The van der Waals surface area contributed by atoms with Crippen molar-refractivity contribution in [2.24, 2.45) is 0 Å². The number of hydrogen-bond acceptors (Lipinski definition) is 4. The van der Waals surface area contributed by atoms with Crippen LogP contribution in [-0.4, -0.2) is 17.4 Å². The fourth-order valence-electron chi connectivity index (χ4n) is 2.66. The largest absolute Gasteiger partial charge is 0.548 e. The Balaban J connectivity index is 1.93. The zero-order chi connectivity index (χ0) is 14.1. The van der Waals surface area contributed by atoms with Crippen LogP contribution in [0.15, 0.2) is 35.7 Å². The summed E-state index contributed by atoms with van der Waals surface area (Å²) < 4.78 is 0. The van der Waals surface area contributed by atoms with Crippen molar-refractivity contribution in [3.8, 4) is 0 Å². The van der Waals surface area contributed by atoms with Gasteiger partial charge in [-0.1, -0.05) is 29.8 Å². The molecule has 0 N–H and O–H groups in total. The molecule has 5 heteroatoms. The Labute approximate surface area is 126 Å². The summed E-state index contributed by atoms with van der Waals surface area (Å²) in [5.74, 6) is -1.10. The lowest BCUT2D eigenvalue weighted by Gasteiger charge is -2.35. The molecule has 1 aliphatic heterocycles. The van der Waals surface area contributed by atoms with E-state index in [4.69, 9.17) is 11.6 Å². The van der Waals surface area contributed by atoms with E-state index in [9.17, 15) is 9.90 Å². The summed E-state index contributed by atoms with van der Waals surface area (Å²) in [4.78, 5) is 14.9. The van der Waals surface area contributed by atoms with Gasteiger partial charge in [0.15, 0.2) is 0 Å². The topological polar surface area (TPSA) is 43.4 Å². The highest BCUT2D eigenvalue weighted by atomic mass is 35.5. The third-order valence-corrected chi connectivity index (χ3v) is 4.99. The smallest absolute Gasteiger partial charge is 0.0766 e. The predicted octanol–water partition coefficient (Wildman–Crippen LogP) is 2.25. The van der Waals surface area contributed by atoms with Crippen LogP contribution in [0.25, 0.3) is 0 Å². The van der Waals surface area contributed by atoms with Crippen LogP contribution in [0, 0.1) is 0 Å². The highest BCUT2D eigenvalue weighted by Crippen LogP contribution is 2.32. The molecule has 0 bridgehead atoms. The van der Waals surface area contributed by atoms with Crippen molar-refractivity contribution < 1.29 is 9.90 Å². The maximum absolute atomic E-state index is 11.6. The number of carboxylic acids is 1. The van der Waals surface area contributed by atoms with Gasteiger partial charge in [-0.15, -0.1) is 11.3 Å². The summed E-state index contributed by atoms with van der Waals surface area (Å²) in [5, 5.41) is 14.1. The Morgan fingerprint density at radius 1 is 1.35 bits per heavy atom. The number of fused-ring (bicyclic) bond motifs is 1. The van der Waals surface area contributed by atoms with Gasteiger partial charge in [0.1, 0.15) is 0 Å². The van der Waals surface area contributed by atoms with Crippen LogP contribution in [0.3, 0.4) is 0 Å². The van der Waals surface area contributed by atoms with E-state index in [-0.39, 0.29) is 0 Å². The minimum absolute atomic E-state index is 0.470. The van der Waals surface area contributed by atoms with Crippen LogP contribution in [0.4, 0.5) is 0 Å². The normalized spacial score (nSPS) is 16.6. The molecule has 3 rings (SSSR count). The molecule has 1 aromatic carbocycles. The Kier molecular flexibility index (Phi) is 3.78. The molecule has 1 atom stereocenters. The van der Waals surface area contributed by atoms with Crippen molar-refractivity contribution in [2.75, 3.05) is 6.54 Å². The first-order valence-electron chi connectivity index (χ1n) is 6.41. The standard InChI is InChI=1S/C15H14ClNO2S/c16-12-4-2-1-3-11(12)14(15(18)19)17-7-5-13-10(9-17)6-8-20-13/h1-4,6,8,14H,5,7,9H2,(H,18,19)/p-1/t14-/m1/s1. The molecule has 0 saturated carbocycles. The number of thiophene rings is 1. The summed E-state index contributed by atoms with van der Waals surface area (Å²) in [6.45, 7) is 1.33. The number of aliphatic carboxylic acids is 1. The molecule has 3 nitrogen and oxygen atoms in total. The number of benzene rings is 1. The highest BCUT2D eigenvalue weighted by Gasteiger charge is 2.27. The fraction of sp³-hybridized carbons (Fsp3) is 0.267. The van der Waals surface area contributed by atoms with Crippen LogP contribution in [0.2, 0.25) is 5.02 Å². The minimum Gasteiger partial charge on any atom is -0.548 e. The zero-order valence-electron chi connectivity index (χ0n) is 10.7. The van der Waals surface area contributed by atoms with E-state index in [2.05, 4.69) is 11.4 Å². The molecular weight excluding hydrogens is 294 g/mol. The van der Waals surface area contributed by atoms with E-state index in [1.54, 1.807) is 35.6 Å². The minimum atomic E-state index is -1.10. The second-order valence-corrected chi connectivity index (χ2v) is 6.24. The molecule has 0 spiro atoms.